The summed E-state index contributed by atoms with van der Waals surface area (Å²) in [6.45, 7) is 10.3. The van der Waals surface area contributed by atoms with Crippen LogP contribution in [-0.4, -0.2) is 97.1 Å². The number of rotatable bonds is 10. The number of hydrogen-bond acceptors (Lipinski definition) is 10. The van der Waals surface area contributed by atoms with Crippen molar-refractivity contribution in [2.75, 3.05) is 38.1 Å². The summed E-state index contributed by atoms with van der Waals surface area (Å²) in [6.07, 6.45) is 1.84. The third-order valence-corrected chi connectivity index (χ3v) is 10.3. The average Bonchev–Trinajstić information content (AvgIpc) is 3.40. The van der Waals surface area contributed by atoms with Crippen molar-refractivity contribution < 1.29 is 42.2 Å². The van der Waals surface area contributed by atoms with Gasteiger partial charge in [0.1, 0.15) is 11.4 Å². The third kappa shape index (κ3) is 9.81. The number of nitrogens with zero attached hydrogens (tertiary/aromatic N) is 3. The van der Waals surface area contributed by atoms with Crippen molar-refractivity contribution in [3.05, 3.63) is 70.6 Å². The van der Waals surface area contributed by atoms with Crippen LogP contribution in [0.2, 0.25) is 0 Å². The fraction of sp³-hybridized carbons (Fsp3) is 0.514. The van der Waals surface area contributed by atoms with E-state index in [2.05, 4.69) is 14.8 Å². The van der Waals surface area contributed by atoms with Crippen LogP contribution in [0.5, 0.6) is 5.75 Å². The van der Waals surface area contributed by atoms with Gasteiger partial charge in [-0.3, -0.25) is 14.4 Å². The molecule has 0 saturated heterocycles. The molecule has 13 nitrogen and oxygen atoms in total. The largest absolute Gasteiger partial charge is 0.490 e. The van der Waals surface area contributed by atoms with E-state index in [1.807, 2.05) is 20.9 Å². The molecule has 1 aromatic heterocycles. The number of aliphatic hydroxyl groups is 1. The first-order chi connectivity index (χ1) is 23.2. The fourth-order valence-corrected chi connectivity index (χ4v) is 7.33. The monoisotopic (exact) mass is 700 g/mol. The summed E-state index contributed by atoms with van der Waals surface area (Å²) in [7, 11) is -2.12. The Morgan fingerprint density at radius 3 is 2.49 bits per heavy atom. The minimum atomic E-state index is -4.09. The maximum atomic E-state index is 14.4. The Labute approximate surface area is 288 Å². The van der Waals surface area contributed by atoms with Gasteiger partial charge in [-0.2, -0.15) is 0 Å². The van der Waals surface area contributed by atoms with Crippen LogP contribution in [0.1, 0.15) is 77.8 Å². The van der Waals surface area contributed by atoms with Crippen LogP contribution >= 0.6 is 0 Å². The second-order valence-corrected chi connectivity index (χ2v) is 14.6. The van der Waals surface area contributed by atoms with Crippen LogP contribution in [0, 0.1) is 19.8 Å². The molecule has 0 unspecified atom stereocenters. The number of fused-ring (bicyclic) bond motifs is 1. The number of nitrogens with one attached hydrogen (secondary N) is 1. The van der Waals surface area contributed by atoms with Crippen LogP contribution < -0.4 is 9.46 Å². The van der Waals surface area contributed by atoms with Crippen molar-refractivity contribution >= 4 is 27.6 Å². The number of likely N-dealkylation sites (N-methyl/N-ethyl adjacent to an activating group) is 1. The highest BCUT2D eigenvalue weighted by molar-refractivity contribution is 7.92. The normalized spacial score (nSPS) is 20.3. The second kappa shape index (κ2) is 16.6. The molecule has 0 aliphatic carbocycles. The van der Waals surface area contributed by atoms with Gasteiger partial charge in [-0.25, -0.2) is 13.2 Å². The van der Waals surface area contributed by atoms with Crippen LogP contribution in [0.4, 0.5) is 5.69 Å². The SMILES string of the molecule is Cc1noc(C)c1S(=O)(=O)Nc1ccc2c(c1)C(=O)N([C@H](C)CO)C[C@H](C)[C@@H](CN(C)Cc1ccc(C(=O)O)cc1)OCCCC[C@H](C)O2. The molecule has 0 radical (unpaired) electrons. The Kier molecular flexibility index (Phi) is 12.8. The van der Waals surface area contributed by atoms with Gasteiger partial charge in [0.05, 0.1) is 36.0 Å². The summed E-state index contributed by atoms with van der Waals surface area (Å²) in [6, 6.07) is 10.8. The molecule has 14 heteroatoms. The number of aromatic nitrogens is 1. The fourth-order valence-electron chi connectivity index (χ4n) is 5.95. The first kappa shape index (κ1) is 37.8. The minimum Gasteiger partial charge on any atom is -0.490 e. The molecule has 0 saturated carbocycles. The minimum absolute atomic E-state index is 0.0681. The Morgan fingerprint density at radius 1 is 1.14 bits per heavy atom. The number of aryl methyl sites for hydroxylation is 2. The zero-order chi connectivity index (χ0) is 35.9. The first-order valence-corrected chi connectivity index (χ1v) is 18.0. The van der Waals surface area contributed by atoms with Crippen LogP contribution in [0.3, 0.4) is 0 Å². The molecule has 1 amide bonds. The van der Waals surface area contributed by atoms with E-state index in [1.165, 1.54) is 19.9 Å². The Balaban J connectivity index is 1.63. The maximum Gasteiger partial charge on any atom is 0.335 e. The smallest absolute Gasteiger partial charge is 0.335 e. The summed E-state index contributed by atoms with van der Waals surface area (Å²) >= 11 is 0. The summed E-state index contributed by atoms with van der Waals surface area (Å²) in [5.74, 6) is -1.10. The zero-order valence-electron chi connectivity index (χ0n) is 29.0. The maximum absolute atomic E-state index is 14.4. The number of anilines is 1. The average molecular weight is 701 g/mol. The molecule has 0 fully saturated rings. The molecular weight excluding hydrogens is 652 g/mol. The van der Waals surface area contributed by atoms with E-state index in [1.54, 1.807) is 48.2 Å². The molecule has 0 spiro atoms. The van der Waals surface area contributed by atoms with Gasteiger partial charge in [0, 0.05) is 37.8 Å². The number of amides is 1. The van der Waals surface area contributed by atoms with E-state index in [9.17, 15) is 28.2 Å². The Hall–Kier alpha value is -3.98. The molecule has 1 aliphatic heterocycles. The Bertz CT molecular complexity index is 1670. The molecule has 49 heavy (non-hydrogen) atoms. The lowest BCUT2D eigenvalue weighted by atomic mass is 10.0. The molecule has 1 aliphatic rings. The number of carboxylic acids is 1. The van der Waals surface area contributed by atoms with Crippen LogP contribution in [0.15, 0.2) is 51.9 Å². The van der Waals surface area contributed by atoms with Gasteiger partial charge in [0.25, 0.3) is 15.9 Å². The summed E-state index contributed by atoms with van der Waals surface area (Å²) in [5, 5.41) is 23.2. The van der Waals surface area contributed by atoms with Crippen molar-refractivity contribution in [2.24, 2.45) is 5.92 Å². The molecule has 3 N–H and O–H groups in total. The van der Waals surface area contributed by atoms with Crippen molar-refractivity contribution in [3.8, 4) is 5.75 Å². The number of aliphatic hydroxyl groups excluding tert-OH is 1. The van der Waals surface area contributed by atoms with E-state index < -0.39 is 27.9 Å². The molecule has 3 aromatic rings. The predicted molar refractivity (Wildman–Crippen MR) is 183 cm³/mol. The third-order valence-electron chi connectivity index (χ3n) is 8.69. The molecule has 4 atom stereocenters. The number of benzene rings is 2. The highest BCUT2D eigenvalue weighted by Crippen LogP contribution is 2.30. The molecule has 268 valence electrons. The van der Waals surface area contributed by atoms with Gasteiger partial charge in [-0.1, -0.05) is 24.2 Å². The van der Waals surface area contributed by atoms with Gasteiger partial charge in [-0.15, -0.1) is 0 Å². The van der Waals surface area contributed by atoms with Gasteiger partial charge < -0.3 is 29.1 Å². The van der Waals surface area contributed by atoms with Crippen molar-refractivity contribution in [3.63, 3.8) is 0 Å². The predicted octanol–water partition coefficient (Wildman–Crippen LogP) is 4.72. The van der Waals surface area contributed by atoms with Crippen LogP contribution in [-0.2, 0) is 21.3 Å². The number of ether oxygens (including phenoxy) is 2. The summed E-state index contributed by atoms with van der Waals surface area (Å²) in [4.78, 5) is 29.3. The first-order valence-electron chi connectivity index (χ1n) is 16.5. The van der Waals surface area contributed by atoms with Crippen molar-refractivity contribution in [1.82, 2.24) is 15.0 Å². The van der Waals surface area contributed by atoms with E-state index in [0.29, 0.717) is 31.9 Å². The number of sulfonamides is 1. The number of carboxylic acid groups (broad SMARTS) is 1. The Morgan fingerprint density at radius 2 is 1.86 bits per heavy atom. The van der Waals surface area contributed by atoms with Gasteiger partial charge in [0.2, 0.25) is 0 Å². The lowest BCUT2D eigenvalue weighted by Gasteiger charge is -2.36. The number of carbonyl (C=O) groups excluding carboxylic acids is 1. The summed E-state index contributed by atoms with van der Waals surface area (Å²) in [5.41, 5.74) is 1.72. The lowest BCUT2D eigenvalue weighted by molar-refractivity contribution is -0.0177. The quantitative estimate of drug-likeness (QED) is 0.267. The van der Waals surface area contributed by atoms with Gasteiger partial charge in [-0.05, 0) is 89.9 Å². The van der Waals surface area contributed by atoms with Gasteiger partial charge >= 0.3 is 5.97 Å². The molecule has 2 heterocycles. The van der Waals surface area contributed by atoms with Crippen molar-refractivity contribution in [1.29, 1.82) is 0 Å². The highest BCUT2D eigenvalue weighted by Gasteiger charge is 2.31. The standard InChI is InChI=1S/C35H48N4O9S/c1-22-18-39(23(2)21-40)34(41)30-17-29(37-49(44,45)33-25(4)36-48-26(33)5)14-15-31(30)47-24(3)9-7-8-16-46-32(22)20-38(6)19-27-10-12-28(13-11-27)35(42)43/h10-15,17,22-24,32,37,40H,7-9,16,18-21H2,1-6H3,(H,42,43)/t22-,23+,24-,32+/m0/s1. The van der Waals surface area contributed by atoms with E-state index >= 15 is 0 Å². The number of aromatic carboxylic acids is 1. The van der Waals surface area contributed by atoms with Crippen LogP contribution in [0.25, 0.3) is 0 Å². The molecule has 2 aromatic carbocycles. The summed E-state index contributed by atoms with van der Waals surface area (Å²) < 4.78 is 46.9. The molecule has 4 rings (SSSR count). The highest BCUT2D eigenvalue weighted by atomic mass is 32.2. The molecule has 0 bridgehead atoms. The molecular formula is C35H48N4O9S. The van der Waals surface area contributed by atoms with Gasteiger partial charge in [0.15, 0.2) is 10.7 Å². The second-order valence-electron chi connectivity index (χ2n) is 13.0. The van der Waals surface area contributed by atoms with Crippen molar-refractivity contribution in [2.45, 2.75) is 83.6 Å². The zero-order valence-corrected chi connectivity index (χ0v) is 29.8. The number of hydrogen-bond donors (Lipinski definition) is 3. The van der Waals surface area contributed by atoms with E-state index in [-0.39, 0.29) is 64.4 Å². The topological polar surface area (TPSA) is 172 Å². The number of carbonyl (C=O) groups is 2. The van der Waals surface area contributed by atoms with E-state index in [4.69, 9.17) is 14.0 Å². The van der Waals surface area contributed by atoms with E-state index in [0.717, 1.165) is 18.4 Å². The lowest BCUT2D eigenvalue weighted by Crippen LogP contribution is -2.47.